The second-order valence-electron chi connectivity index (χ2n) is 4.29. The van der Waals surface area contributed by atoms with Crippen molar-refractivity contribution in [1.29, 1.82) is 0 Å². The minimum atomic E-state index is -1.22. The van der Waals surface area contributed by atoms with Gasteiger partial charge in [0.05, 0.1) is 5.92 Å². The Morgan fingerprint density at radius 3 is 2.56 bits per heavy atom. The Balaban J connectivity index is 2.18. The largest absolute Gasteiger partial charge is 0.481 e. The smallest absolute Gasteiger partial charge is 0.336 e. The molecule has 1 aliphatic rings. The molecule has 5 nitrogen and oxygen atoms in total. The lowest BCUT2D eigenvalue weighted by Gasteiger charge is -2.18. The van der Waals surface area contributed by atoms with Crippen molar-refractivity contribution in [3.05, 3.63) is 35.9 Å². The fourth-order valence-corrected chi connectivity index (χ4v) is 2.22. The van der Waals surface area contributed by atoms with Crippen LogP contribution in [0.3, 0.4) is 0 Å². The third-order valence-electron chi connectivity index (χ3n) is 3.08. The van der Waals surface area contributed by atoms with E-state index >= 15 is 0 Å². The molecule has 0 radical (unpaired) electrons. The first kappa shape index (κ1) is 12.6. The molecule has 1 fully saturated rings. The minimum Gasteiger partial charge on any atom is -0.481 e. The highest BCUT2D eigenvalue weighted by atomic mass is 16.6. The number of carboxylic acid groups (broad SMARTS) is 1. The molecule has 1 saturated heterocycles. The molecule has 0 bridgehead atoms. The molecule has 0 aliphatic carbocycles. The number of aliphatic hydroxyl groups excluding tert-OH is 1. The number of rotatable bonds is 4. The lowest BCUT2D eigenvalue weighted by Crippen LogP contribution is -2.23. The standard InChI is InChI=1S/C13H14O5/c14-10(15)7-6-9-11(12(16)13(17)18-9)8-4-2-1-3-5-8/h1-5,9,11-12,16H,6-7H2,(H,14,15). The summed E-state index contributed by atoms with van der Waals surface area (Å²) < 4.78 is 5.04. The summed E-state index contributed by atoms with van der Waals surface area (Å²) in [6, 6.07) is 9.03. The third-order valence-corrected chi connectivity index (χ3v) is 3.08. The van der Waals surface area contributed by atoms with Crippen molar-refractivity contribution in [3.63, 3.8) is 0 Å². The molecule has 96 valence electrons. The average molecular weight is 250 g/mol. The number of hydrogen-bond donors (Lipinski definition) is 2. The average Bonchev–Trinajstić information content (AvgIpc) is 2.64. The van der Waals surface area contributed by atoms with E-state index in [4.69, 9.17) is 9.84 Å². The zero-order chi connectivity index (χ0) is 13.1. The minimum absolute atomic E-state index is 0.0893. The predicted molar refractivity (Wildman–Crippen MR) is 61.9 cm³/mol. The molecule has 3 unspecified atom stereocenters. The van der Waals surface area contributed by atoms with Crippen molar-refractivity contribution in [2.45, 2.75) is 31.0 Å². The van der Waals surface area contributed by atoms with E-state index in [-0.39, 0.29) is 12.8 Å². The van der Waals surface area contributed by atoms with Crippen LogP contribution in [0.5, 0.6) is 0 Å². The summed E-state index contributed by atoms with van der Waals surface area (Å²) in [5, 5.41) is 18.5. The van der Waals surface area contributed by atoms with E-state index in [1.54, 1.807) is 24.3 Å². The highest BCUT2D eigenvalue weighted by Crippen LogP contribution is 2.34. The van der Waals surface area contributed by atoms with Crippen molar-refractivity contribution in [2.75, 3.05) is 0 Å². The molecule has 0 aromatic heterocycles. The first-order valence-electron chi connectivity index (χ1n) is 5.75. The molecule has 0 amide bonds. The van der Waals surface area contributed by atoms with Crippen molar-refractivity contribution in [3.8, 4) is 0 Å². The van der Waals surface area contributed by atoms with E-state index in [1.165, 1.54) is 0 Å². The quantitative estimate of drug-likeness (QED) is 0.776. The van der Waals surface area contributed by atoms with Crippen LogP contribution in [0.2, 0.25) is 0 Å². The van der Waals surface area contributed by atoms with E-state index in [2.05, 4.69) is 0 Å². The summed E-state index contributed by atoms with van der Waals surface area (Å²) in [6.45, 7) is 0. The number of carbonyl (C=O) groups is 2. The molecular weight excluding hydrogens is 236 g/mol. The normalized spacial score (nSPS) is 26.9. The number of hydrogen-bond acceptors (Lipinski definition) is 4. The van der Waals surface area contributed by atoms with Gasteiger partial charge in [0.2, 0.25) is 0 Å². The molecule has 1 aromatic rings. The van der Waals surface area contributed by atoms with Gasteiger partial charge in [0.1, 0.15) is 6.10 Å². The molecule has 2 N–H and O–H groups in total. The Kier molecular flexibility index (Phi) is 3.62. The van der Waals surface area contributed by atoms with Crippen LogP contribution in [0.25, 0.3) is 0 Å². The highest BCUT2D eigenvalue weighted by molar-refractivity contribution is 5.79. The van der Waals surface area contributed by atoms with E-state index < -0.39 is 30.1 Å². The molecule has 3 atom stereocenters. The molecule has 1 aliphatic heterocycles. The molecule has 0 saturated carbocycles. The van der Waals surface area contributed by atoms with Gasteiger partial charge in [0.25, 0.3) is 0 Å². The third kappa shape index (κ3) is 2.51. The van der Waals surface area contributed by atoms with Gasteiger partial charge in [-0.15, -0.1) is 0 Å². The summed E-state index contributed by atoms with van der Waals surface area (Å²) in [5.41, 5.74) is 0.784. The predicted octanol–water partition coefficient (Wildman–Crippen LogP) is 0.921. The van der Waals surface area contributed by atoms with Crippen LogP contribution in [0, 0.1) is 0 Å². The molecule has 1 heterocycles. The Morgan fingerprint density at radius 1 is 1.28 bits per heavy atom. The van der Waals surface area contributed by atoms with E-state index in [0.717, 1.165) is 5.56 Å². The first-order valence-corrected chi connectivity index (χ1v) is 5.75. The summed E-state index contributed by atoms with van der Waals surface area (Å²) in [5.74, 6) is -2.11. The van der Waals surface area contributed by atoms with E-state index in [0.29, 0.717) is 0 Å². The van der Waals surface area contributed by atoms with Gasteiger partial charge in [-0.1, -0.05) is 30.3 Å². The molecule has 1 aromatic carbocycles. The Bertz CT molecular complexity index is 442. The Hall–Kier alpha value is -1.88. The fraction of sp³-hybridized carbons (Fsp3) is 0.385. The number of carbonyl (C=O) groups excluding carboxylic acids is 1. The Morgan fingerprint density at radius 2 is 1.94 bits per heavy atom. The number of aliphatic carboxylic acids is 1. The van der Waals surface area contributed by atoms with Gasteiger partial charge in [-0.3, -0.25) is 4.79 Å². The molecule has 18 heavy (non-hydrogen) atoms. The first-order chi connectivity index (χ1) is 8.59. The van der Waals surface area contributed by atoms with Crippen LogP contribution in [0.15, 0.2) is 30.3 Å². The summed E-state index contributed by atoms with van der Waals surface area (Å²) in [6.07, 6.45) is -1.68. The van der Waals surface area contributed by atoms with Gasteiger partial charge in [-0.2, -0.15) is 0 Å². The van der Waals surface area contributed by atoms with Gasteiger partial charge in [0.15, 0.2) is 6.10 Å². The van der Waals surface area contributed by atoms with Gasteiger partial charge >= 0.3 is 11.9 Å². The molecule has 5 heteroatoms. The van der Waals surface area contributed by atoms with Crippen LogP contribution in [0.4, 0.5) is 0 Å². The second-order valence-corrected chi connectivity index (χ2v) is 4.29. The summed E-state index contributed by atoms with van der Waals surface area (Å²) >= 11 is 0. The Labute approximate surface area is 104 Å². The lowest BCUT2D eigenvalue weighted by molar-refractivity contribution is -0.148. The molecule has 0 spiro atoms. The maximum atomic E-state index is 11.4. The van der Waals surface area contributed by atoms with Crippen LogP contribution in [0.1, 0.15) is 24.3 Å². The topological polar surface area (TPSA) is 83.8 Å². The number of ether oxygens (including phenoxy) is 1. The SMILES string of the molecule is O=C(O)CCC1OC(=O)C(O)C1c1ccccc1. The van der Waals surface area contributed by atoms with Gasteiger partial charge < -0.3 is 14.9 Å². The second kappa shape index (κ2) is 5.18. The van der Waals surface area contributed by atoms with Gasteiger partial charge in [-0.05, 0) is 12.0 Å². The van der Waals surface area contributed by atoms with Crippen molar-refractivity contribution in [1.82, 2.24) is 0 Å². The summed E-state index contributed by atoms with van der Waals surface area (Å²) in [7, 11) is 0. The van der Waals surface area contributed by atoms with Crippen LogP contribution < -0.4 is 0 Å². The van der Waals surface area contributed by atoms with Crippen molar-refractivity contribution >= 4 is 11.9 Å². The molecular formula is C13H14O5. The monoisotopic (exact) mass is 250 g/mol. The zero-order valence-corrected chi connectivity index (χ0v) is 9.65. The number of carboxylic acids is 1. The van der Waals surface area contributed by atoms with Crippen LogP contribution in [-0.2, 0) is 14.3 Å². The number of esters is 1. The fourth-order valence-electron chi connectivity index (χ4n) is 2.22. The van der Waals surface area contributed by atoms with Crippen molar-refractivity contribution < 1.29 is 24.5 Å². The number of cyclic esters (lactones) is 1. The maximum Gasteiger partial charge on any atom is 0.336 e. The van der Waals surface area contributed by atoms with Crippen LogP contribution in [-0.4, -0.2) is 34.4 Å². The van der Waals surface area contributed by atoms with Crippen molar-refractivity contribution in [2.24, 2.45) is 0 Å². The number of aliphatic hydroxyl groups is 1. The zero-order valence-electron chi connectivity index (χ0n) is 9.65. The summed E-state index contributed by atoms with van der Waals surface area (Å²) in [4.78, 5) is 22.0. The van der Waals surface area contributed by atoms with E-state index in [1.807, 2.05) is 6.07 Å². The van der Waals surface area contributed by atoms with Crippen LogP contribution >= 0.6 is 0 Å². The molecule has 2 rings (SSSR count). The van der Waals surface area contributed by atoms with E-state index in [9.17, 15) is 14.7 Å². The highest BCUT2D eigenvalue weighted by Gasteiger charge is 2.44. The number of benzene rings is 1. The lowest BCUT2D eigenvalue weighted by atomic mass is 9.88. The van der Waals surface area contributed by atoms with Gasteiger partial charge in [0, 0.05) is 6.42 Å². The maximum absolute atomic E-state index is 11.4. The van der Waals surface area contributed by atoms with Gasteiger partial charge in [-0.25, -0.2) is 4.79 Å².